The van der Waals surface area contributed by atoms with Crippen LogP contribution in [-0.4, -0.2) is 11.8 Å². The summed E-state index contributed by atoms with van der Waals surface area (Å²) in [6.45, 7) is 12.2. The molecule has 1 aliphatic heterocycles. The summed E-state index contributed by atoms with van der Waals surface area (Å²) in [6.07, 6.45) is 14.7. The molecule has 354 valence electrons. The van der Waals surface area contributed by atoms with Gasteiger partial charge in [0, 0.05) is 49.7 Å². The van der Waals surface area contributed by atoms with Crippen LogP contribution in [0.1, 0.15) is 131 Å². The van der Waals surface area contributed by atoms with E-state index < -0.39 is 0 Å². The van der Waals surface area contributed by atoms with Crippen LogP contribution < -0.4 is 16.2 Å². The first-order valence-corrected chi connectivity index (χ1v) is 28.3. The van der Waals surface area contributed by atoms with Gasteiger partial charge in [0.2, 0.25) is 0 Å². The van der Waals surface area contributed by atoms with E-state index in [0.717, 1.165) is 48.5 Å². The highest BCUT2D eigenvalue weighted by Gasteiger charge is 2.78. The van der Waals surface area contributed by atoms with Gasteiger partial charge in [-0.1, -0.05) is 118 Å². The van der Waals surface area contributed by atoms with E-state index in [1.54, 1.807) is 22.0 Å². The van der Waals surface area contributed by atoms with Crippen LogP contribution in [0, 0.1) is 53.3 Å². The molecule has 72 heavy (non-hydrogen) atoms. The SMILES string of the molecule is Cc1cc(-c2cc3c(cc2Nc2ccc(-c4ccccc4)cc2)C(C)(C)c2ccccc2C3(C)C)c2c(c1)-n1c3ccc(C45CC6CC7CC(C4)C76C5)cc3c3cc(C45CC6CC7CC(C4)C76C5)cc(c31)B2. The molecule has 4 bridgehead atoms. The maximum Gasteiger partial charge on any atom is 0.198 e. The summed E-state index contributed by atoms with van der Waals surface area (Å²) in [7, 11) is 0.951. The fourth-order valence-electron chi connectivity index (χ4n) is 21.0. The van der Waals surface area contributed by atoms with E-state index in [2.05, 4.69) is 178 Å². The van der Waals surface area contributed by atoms with Crippen LogP contribution >= 0.6 is 0 Å². The van der Waals surface area contributed by atoms with Crippen LogP contribution in [0.25, 0.3) is 49.7 Å². The number of hydrogen-bond donors (Lipinski definition) is 1. The minimum absolute atomic E-state index is 0.168. The van der Waals surface area contributed by atoms with Gasteiger partial charge in [-0.3, -0.25) is 0 Å². The van der Waals surface area contributed by atoms with Gasteiger partial charge in [-0.15, -0.1) is 0 Å². The van der Waals surface area contributed by atoms with Crippen molar-refractivity contribution in [3.63, 3.8) is 0 Å². The molecule has 1 N–H and O–H groups in total. The molecular weight excluding hydrogens is 868 g/mol. The van der Waals surface area contributed by atoms with E-state index in [0.29, 0.717) is 21.7 Å². The normalized spacial score (nSPS) is 33.9. The summed E-state index contributed by atoms with van der Waals surface area (Å²) < 4.78 is 2.77. The van der Waals surface area contributed by atoms with Crippen LogP contribution in [0.5, 0.6) is 0 Å². The van der Waals surface area contributed by atoms with E-state index in [-0.39, 0.29) is 10.8 Å². The second-order valence-electron chi connectivity index (χ2n) is 27.5. The minimum atomic E-state index is -0.172. The fraction of sp³-hybridized carbons (Fsp3) is 0.391. The zero-order chi connectivity index (χ0) is 47.6. The van der Waals surface area contributed by atoms with E-state index in [1.807, 2.05) is 0 Å². The Bertz CT molecular complexity index is 3760. The first-order valence-electron chi connectivity index (χ1n) is 28.3. The van der Waals surface area contributed by atoms with Gasteiger partial charge in [-0.05, 0) is 238 Å². The summed E-state index contributed by atoms with van der Waals surface area (Å²) in [4.78, 5) is 0. The van der Waals surface area contributed by atoms with Crippen LogP contribution in [0.4, 0.5) is 11.4 Å². The molecule has 2 nitrogen and oxygen atoms in total. The number of benzene rings is 7. The van der Waals surface area contributed by atoms with Crippen molar-refractivity contribution in [2.75, 3.05) is 5.32 Å². The lowest BCUT2D eigenvalue weighted by atomic mass is 9.38. The lowest BCUT2D eigenvalue weighted by molar-refractivity contribution is -0.175. The van der Waals surface area contributed by atoms with Crippen LogP contribution in [0.3, 0.4) is 0 Å². The average Bonchev–Trinajstić information content (AvgIpc) is 4.15. The molecule has 2 heterocycles. The maximum absolute atomic E-state index is 4.12. The molecule has 10 aliphatic rings. The second-order valence-corrected chi connectivity index (χ2v) is 27.5. The summed E-state index contributed by atoms with van der Waals surface area (Å²) in [5.41, 5.74) is 27.0. The van der Waals surface area contributed by atoms with Crippen molar-refractivity contribution in [1.29, 1.82) is 0 Å². The Kier molecular flexibility index (Phi) is 7.20. The molecule has 8 saturated carbocycles. The van der Waals surface area contributed by atoms with Crippen LogP contribution in [0.2, 0.25) is 0 Å². The first-order chi connectivity index (χ1) is 34.9. The molecule has 1 aromatic heterocycles. The van der Waals surface area contributed by atoms with Crippen molar-refractivity contribution in [2.24, 2.45) is 46.3 Å². The van der Waals surface area contributed by atoms with Crippen molar-refractivity contribution in [2.45, 2.75) is 120 Å². The van der Waals surface area contributed by atoms with Crippen LogP contribution in [0.15, 0.2) is 133 Å². The summed E-state index contributed by atoms with van der Waals surface area (Å²) in [6, 6.07) is 53.1. The third-order valence-electron chi connectivity index (χ3n) is 24.2. The Morgan fingerprint density at radius 1 is 0.514 bits per heavy atom. The number of rotatable bonds is 6. The number of nitrogens with zero attached hydrogens (tertiary/aromatic N) is 1. The van der Waals surface area contributed by atoms with Crippen molar-refractivity contribution in [3.05, 3.63) is 172 Å². The summed E-state index contributed by atoms with van der Waals surface area (Å²) >= 11 is 0. The molecule has 4 unspecified atom stereocenters. The monoisotopic (exact) mass is 933 g/mol. The zero-order valence-electron chi connectivity index (χ0n) is 42.9. The van der Waals surface area contributed by atoms with Crippen molar-refractivity contribution < 1.29 is 0 Å². The minimum Gasteiger partial charge on any atom is -0.355 e. The third-order valence-corrected chi connectivity index (χ3v) is 24.2. The molecular formula is C69H65BN2. The van der Waals surface area contributed by atoms with Gasteiger partial charge in [0.25, 0.3) is 0 Å². The second kappa shape index (κ2) is 12.7. The highest BCUT2D eigenvalue weighted by atomic mass is 15.0. The molecule has 9 aliphatic carbocycles. The largest absolute Gasteiger partial charge is 0.355 e. The van der Waals surface area contributed by atoms with Crippen molar-refractivity contribution >= 4 is 51.4 Å². The van der Waals surface area contributed by atoms with E-state index in [1.165, 1.54) is 148 Å². The maximum atomic E-state index is 4.12. The molecule has 8 aromatic rings. The van der Waals surface area contributed by atoms with Crippen LogP contribution in [-0.2, 0) is 21.7 Å². The lowest BCUT2D eigenvalue weighted by Gasteiger charge is -2.66. The molecule has 2 spiro atoms. The van der Waals surface area contributed by atoms with Crippen molar-refractivity contribution in [3.8, 4) is 27.9 Å². The highest BCUT2D eigenvalue weighted by molar-refractivity contribution is 6.73. The van der Waals surface area contributed by atoms with Gasteiger partial charge in [0.1, 0.15) is 0 Å². The zero-order valence-corrected chi connectivity index (χ0v) is 42.9. The summed E-state index contributed by atoms with van der Waals surface area (Å²) in [5, 5.41) is 7.19. The lowest BCUT2D eigenvalue weighted by Crippen LogP contribution is -2.59. The predicted molar refractivity (Wildman–Crippen MR) is 299 cm³/mol. The standard InChI is InChI=1S/C69H65BN2/c1-38-21-52(50-30-56-57(65(4,5)55-14-10-9-13-54(55)64(56,2)3)31-59(50)71-49-18-15-40(16-19-49)39-11-7-6-8-12-39)62-61(22-38)72-60-20-17-41(66-32-45-23-43-24-46(33-66)68(43,45)36-66)27-51(60)53-28-42(29-58(70-62)63(53)72)67-34-47-25-44-26-48(35-67)69(44,47)37-67/h6-22,27-31,43-48,70-71H,23-26,32-37H2,1-5H3. The Morgan fingerprint density at radius 3 is 1.72 bits per heavy atom. The van der Waals surface area contributed by atoms with Gasteiger partial charge in [-0.25, -0.2) is 0 Å². The van der Waals surface area contributed by atoms with Gasteiger partial charge in [0.05, 0.1) is 5.52 Å². The number of aryl methyl sites for hydroxylation is 1. The quantitative estimate of drug-likeness (QED) is 0.164. The van der Waals surface area contributed by atoms with E-state index >= 15 is 0 Å². The Labute approximate surface area is 426 Å². The molecule has 18 rings (SSSR count). The van der Waals surface area contributed by atoms with E-state index in [4.69, 9.17) is 0 Å². The highest BCUT2D eigenvalue weighted by Crippen LogP contribution is 2.85. The molecule has 0 radical (unpaired) electrons. The summed E-state index contributed by atoms with van der Waals surface area (Å²) in [5.74, 6) is 5.97. The Balaban J connectivity index is 0.855. The predicted octanol–water partition coefficient (Wildman–Crippen LogP) is 15.0. The number of aromatic nitrogens is 1. The first kappa shape index (κ1) is 40.7. The number of hydrogen-bond acceptors (Lipinski definition) is 1. The van der Waals surface area contributed by atoms with Crippen molar-refractivity contribution in [1.82, 2.24) is 4.57 Å². The smallest absolute Gasteiger partial charge is 0.198 e. The van der Waals surface area contributed by atoms with E-state index in [9.17, 15) is 0 Å². The Morgan fingerprint density at radius 2 is 1.10 bits per heavy atom. The fourth-order valence-corrected chi connectivity index (χ4v) is 21.0. The topological polar surface area (TPSA) is 17.0 Å². The van der Waals surface area contributed by atoms with Gasteiger partial charge in [-0.2, -0.15) is 0 Å². The van der Waals surface area contributed by atoms with Gasteiger partial charge in [0.15, 0.2) is 7.28 Å². The molecule has 8 fully saturated rings. The third kappa shape index (κ3) is 4.60. The number of anilines is 2. The molecule has 0 amide bonds. The molecule has 0 saturated heterocycles. The molecule has 4 atom stereocenters. The van der Waals surface area contributed by atoms with Gasteiger partial charge >= 0.3 is 0 Å². The average molecular weight is 933 g/mol. The molecule has 7 aromatic carbocycles. The Hall–Kier alpha value is -5.80. The number of fused-ring (bicyclic) bond motifs is 9. The molecule has 3 heteroatoms. The number of nitrogens with one attached hydrogen (secondary N) is 1. The van der Waals surface area contributed by atoms with Gasteiger partial charge < -0.3 is 9.88 Å².